The van der Waals surface area contributed by atoms with E-state index in [9.17, 15) is 9.18 Å². The Bertz CT molecular complexity index is 983. The molecule has 0 radical (unpaired) electrons. The van der Waals surface area contributed by atoms with Gasteiger partial charge in [-0.25, -0.2) is 8.91 Å². The third-order valence-corrected chi connectivity index (χ3v) is 5.70. The summed E-state index contributed by atoms with van der Waals surface area (Å²) in [5.74, 6) is 0.621. The van der Waals surface area contributed by atoms with Gasteiger partial charge < -0.3 is 15.0 Å². The first kappa shape index (κ1) is 22.1. The van der Waals surface area contributed by atoms with Gasteiger partial charge in [0.05, 0.1) is 11.2 Å². The number of carbonyl (C=O) groups excluding carboxylic acids is 1. The lowest BCUT2D eigenvalue weighted by Crippen LogP contribution is -2.46. The van der Waals surface area contributed by atoms with Crippen molar-refractivity contribution in [2.75, 3.05) is 57.4 Å². The van der Waals surface area contributed by atoms with Gasteiger partial charge in [0.15, 0.2) is 5.69 Å². The summed E-state index contributed by atoms with van der Waals surface area (Å²) >= 11 is 0. The SMILES string of the molecule is O=C(NCCCCN1CCN(c2ccccc2OCC[18F])CC1)c1cc2ccccn2n1. The topological polar surface area (TPSA) is 62.1 Å². The molecule has 0 bridgehead atoms. The molecule has 1 N–H and O–H groups in total. The standard InChI is InChI=1S/C24H30FN5O2/c25-10-18-32-23-9-2-1-8-22(23)29-16-14-28(15-17-29)12-6-4-11-26-24(31)21-19-20-7-3-5-13-30(20)27-21/h1-3,5,7-9,13,19H,4,6,10-12,14-18H2,(H,26,31)/i25-1. The summed E-state index contributed by atoms with van der Waals surface area (Å²) < 4.78 is 19.7. The largest absolute Gasteiger partial charge is 0.489 e. The van der Waals surface area contributed by atoms with Gasteiger partial charge in [-0.05, 0) is 49.7 Å². The van der Waals surface area contributed by atoms with Crippen molar-refractivity contribution >= 4 is 17.1 Å². The Labute approximate surface area is 187 Å². The van der Waals surface area contributed by atoms with Crippen molar-refractivity contribution in [3.05, 3.63) is 60.4 Å². The first-order valence-corrected chi connectivity index (χ1v) is 11.2. The summed E-state index contributed by atoms with van der Waals surface area (Å²) in [5, 5.41) is 7.27. The summed E-state index contributed by atoms with van der Waals surface area (Å²) in [5.41, 5.74) is 2.40. The zero-order valence-electron chi connectivity index (χ0n) is 18.3. The highest BCUT2D eigenvalue weighted by atomic mass is 18.2. The second kappa shape index (κ2) is 10.9. The number of halogens is 1. The van der Waals surface area contributed by atoms with E-state index in [4.69, 9.17) is 4.74 Å². The van der Waals surface area contributed by atoms with Gasteiger partial charge in [0.2, 0.25) is 0 Å². The maximum atomic E-state index is 12.5. The summed E-state index contributed by atoms with van der Waals surface area (Å²) in [7, 11) is 0. The van der Waals surface area contributed by atoms with E-state index in [1.165, 1.54) is 0 Å². The van der Waals surface area contributed by atoms with Crippen LogP contribution in [0.2, 0.25) is 0 Å². The molecular formula is C24H30FN5O2. The molecule has 1 saturated heterocycles. The van der Waals surface area contributed by atoms with Gasteiger partial charge in [-0.1, -0.05) is 18.2 Å². The summed E-state index contributed by atoms with van der Waals surface area (Å²) in [6.45, 7) is 5.05. The molecule has 0 saturated carbocycles. The zero-order valence-corrected chi connectivity index (χ0v) is 18.3. The molecule has 0 unspecified atom stereocenters. The van der Waals surface area contributed by atoms with E-state index in [1.54, 1.807) is 10.6 Å². The summed E-state index contributed by atoms with van der Waals surface area (Å²) in [6.07, 6.45) is 3.79. The fraction of sp³-hybridized carbons (Fsp3) is 0.417. The van der Waals surface area contributed by atoms with Gasteiger partial charge in [-0.2, -0.15) is 5.10 Å². The van der Waals surface area contributed by atoms with E-state index in [0.717, 1.165) is 62.5 Å². The number of rotatable bonds is 10. The van der Waals surface area contributed by atoms with Crippen molar-refractivity contribution in [3.8, 4) is 5.75 Å². The number of aromatic nitrogens is 2. The van der Waals surface area contributed by atoms with Crippen LogP contribution in [0.3, 0.4) is 0 Å². The molecule has 1 aromatic carbocycles. The Morgan fingerprint density at radius 2 is 1.88 bits per heavy atom. The van der Waals surface area contributed by atoms with E-state index >= 15 is 0 Å². The number of nitrogens with zero attached hydrogens (tertiary/aromatic N) is 4. The second-order valence-electron chi connectivity index (χ2n) is 7.90. The Balaban J connectivity index is 1.15. The van der Waals surface area contributed by atoms with Crippen molar-refractivity contribution in [3.63, 3.8) is 0 Å². The molecule has 1 aliphatic rings. The van der Waals surface area contributed by atoms with Gasteiger partial charge in [0.1, 0.15) is 19.0 Å². The molecular weight excluding hydrogens is 408 g/mol. The number of benzene rings is 1. The Morgan fingerprint density at radius 1 is 1.06 bits per heavy atom. The number of anilines is 1. The molecule has 0 spiro atoms. The van der Waals surface area contributed by atoms with Crippen LogP contribution in [0.4, 0.5) is 10.1 Å². The number of unbranched alkanes of at least 4 members (excludes halogenated alkanes) is 1. The van der Waals surface area contributed by atoms with Crippen molar-refractivity contribution in [2.24, 2.45) is 0 Å². The molecule has 3 heterocycles. The molecule has 1 fully saturated rings. The minimum Gasteiger partial charge on any atom is -0.489 e. The third kappa shape index (κ3) is 5.56. The van der Waals surface area contributed by atoms with Crippen LogP contribution in [-0.4, -0.2) is 73.0 Å². The maximum absolute atomic E-state index is 12.5. The minimum atomic E-state index is -0.485. The minimum absolute atomic E-state index is 0.0880. The number of amides is 1. The van der Waals surface area contributed by atoms with Crippen LogP contribution in [0, 0.1) is 0 Å². The fourth-order valence-electron chi connectivity index (χ4n) is 4.00. The summed E-state index contributed by atoms with van der Waals surface area (Å²) in [6, 6.07) is 15.4. The monoisotopic (exact) mass is 438 g/mol. The third-order valence-electron chi connectivity index (χ3n) is 5.70. The number of pyridine rings is 1. The molecule has 4 rings (SSSR count). The Morgan fingerprint density at radius 3 is 2.69 bits per heavy atom. The molecule has 2 aromatic heterocycles. The van der Waals surface area contributed by atoms with Gasteiger partial charge in [0.25, 0.3) is 5.91 Å². The van der Waals surface area contributed by atoms with Crippen LogP contribution in [0.1, 0.15) is 23.3 Å². The van der Waals surface area contributed by atoms with Crippen molar-refractivity contribution in [1.82, 2.24) is 19.8 Å². The molecule has 0 atom stereocenters. The van der Waals surface area contributed by atoms with Crippen LogP contribution in [0.15, 0.2) is 54.7 Å². The lowest BCUT2D eigenvalue weighted by atomic mass is 10.2. The number of ether oxygens (including phenoxy) is 1. The number of fused-ring (bicyclic) bond motifs is 1. The van der Waals surface area contributed by atoms with E-state index in [2.05, 4.69) is 20.2 Å². The molecule has 1 aliphatic heterocycles. The number of piperazine rings is 1. The Hall–Kier alpha value is -3.13. The van der Waals surface area contributed by atoms with Gasteiger partial charge >= 0.3 is 0 Å². The highest BCUT2D eigenvalue weighted by molar-refractivity contribution is 5.93. The van der Waals surface area contributed by atoms with Gasteiger partial charge in [-0.15, -0.1) is 0 Å². The predicted molar refractivity (Wildman–Crippen MR) is 123 cm³/mol. The van der Waals surface area contributed by atoms with E-state index in [0.29, 0.717) is 12.2 Å². The highest BCUT2D eigenvalue weighted by Gasteiger charge is 2.19. The maximum Gasteiger partial charge on any atom is 0.271 e. The Kier molecular flexibility index (Phi) is 7.55. The molecule has 7 nitrogen and oxygen atoms in total. The van der Waals surface area contributed by atoms with E-state index in [-0.39, 0.29) is 12.5 Å². The molecule has 170 valence electrons. The molecule has 1 amide bonds. The first-order valence-electron chi connectivity index (χ1n) is 11.2. The van der Waals surface area contributed by atoms with Crippen LogP contribution >= 0.6 is 0 Å². The van der Waals surface area contributed by atoms with Gasteiger partial charge in [-0.3, -0.25) is 9.69 Å². The number of para-hydroxylation sites is 2. The predicted octanol–water partition coefficient (Wildman–Crippen LogP) is 3.01. The smallest absolute Gasteiger partial charge is 0.271 e. The molecule has 32 heavy (non-hydrogen) atoms. The number of alkyl halides is 1. The normalized spacial score (nSPS) is 14.6. The average molecular weight is 439 g/mol. The van der Waals surface area contributed by atoms with Crippen LogP contribution in [0.5, 0.6) is 5.75 Å². The number of hydrogen-bond donors (Lipinski definition) is 1. The highest BCUT2D eigenvalue weighted by Crippen LogP contribution is 2.28. The first-order chi connectivity index (χ1) is 15.7. The number of hydrogen-bond acceptors (Lipinski definition) is 5. The quantitative estimate of drug-likeness (QED) is 0.493. The van der Waals surface area contributed by atoms with Crippen LogP contribution < -0.4 is 15.0 Å². The zero-order chi connectivity index (χ0) is 22.2. The molecule has 8 heteroatoms. The summed E-state index contributed by atoms with van der Waals surface area (Å²) in [4.78, 5) is 17.1. The van der Waals surface area contributed by atoms with Crippen molar-refractivity contribution in [2.45, 2.75) is 12.8 Å². The lowest BCUT2D eigenvalue weighted by molar-refractivity contribution is 0.0947. The molecule has 3 aromatic rings. The second-order valence-corrected chi connectivity index (χ2v) is 7.90. The van der Waals surface area contributed by atoms with E-state index < -0.39 is 6.67 Å². The van der Waals surface area contributed by atoms with Crippen molar-refractivity contribution < 1.29 is 13.9 Å². The van der Waals surface area contributed by atoms with Crippen LogP contribution in [0.25, 0.3) is 5.52 Å². The van der Waals surface area contributed by atoms with Crippen molar-refractivity contribution in [1.29, 1.82) is 0 Å². The fourth-order valence-corrected chi connectivity index (χ4v) is 4.00. The number of nitrogens with one attached hydrogen (secondary N) is 1. The van der Waals surface area contributed by atoms with Crippen LogP contribution in [-0.2, 0) is 0 Å². The molecule has 0 aliphatic carbocycles. The number of carbonyl (C=O) groups is 1. The van der Waals surface area contributed by atoms with Gasteiger partial charge in [0, 0.05) is 38.9 Å². The average Bonchev–Trinajstić information content (AvgIpc) is 3.28. The lowest BCUT2D eigenvalue weighted by Gasteiger charge is -2.36. The van der Waals surface area contributed by atoms with E-state index in [1.807, 2.05) is 48.7 Å².